The van der Waals surface area contributed by atoms with E-state index in [1.54, 1.807) is 18.2 Å². The minimum absolute atomic E-state index is 0.0188. The number of carbonyl (C=O) groups is 1. The van der Waals surface area contributed by atoms with E-state index in [4.69, 9.17) is 19.2 Å². The lowest BCUT2D eigenvalue weighted by molar-refractivity contribution is -0.0908. The van der Waals surface area contributed by atoms with Crippen molar-refractivity contribution in [3.05, 3.63) is 54.1 Å². The summed E-state index contributed by atoms with van der Waals surface area (Å²) >= 11 is 1.48. The minimum Gasteiger partial charge on any atom is -0.443 e. The Hall–Kier alpha value is -2.89. The average molecular weight is 827 g/mol. The van der Waals surface area contributed by atoms with Crippen molar-refractivity contribution in [1.29, 1.82) is 0 Å². The molecule has 1 aromatic heterocycles. The molecule has 57 heavy (non-hydrogen) atoms. The number of likely N-dealkylation sites (tertiary alicyclic amines) is 1. The molecule has 3 aromatic rings. The highest BCUT2D eigenvalue weighted by molar-refractivity contribution is 7.89. The number of aliphatic hydroxyl groups excluding tert-OH is 1. The van der Waals surface area contributed by atoms with E-state index in [0.29, 0.717) is 24.6 Å². The summed E-state index contributed by atoms with van der Waals surface area (Å²) < 4.78 is 48.6. The van der Waals surface area contributed by atoms with E-state index >= 15 is 0 Å². The fourth-order valence-corrected chi connectivity index (χ4v) is 11.5. The Morgan fingerprint density at radius 2 is 1.74 bits per heavy atom. The van der Waals surface area contributed by atoms with Crippen LogP contribution >= 0.6 is 11.3 Å². The zero-order chi connectivity index (χ0) is 40.1. The maximum Gasteiger partial charge on any atom is 0.407 e. The number of hydrogen-bond donors (Lipinski definition) is 4. The van der Waals surface area contributed by atoms with Gasteiger partial charge in [-0.05, 0) is 100 Å². The summed E-state index contributed by atoms with van der Waals surface area (Å²) in [6.45, 7) is 12.0. The van der Waals surface area contributed by atoms with Gasteiger partial charge in [-0.25, -0.2) is 18.2 Å². The average Bonchev–Trinajstić information content (AvgIpc) is 4.00. The lowest BCUT2D eigenvalue weighted by Gasteiger charge is -2.34. The molecular formula is C42H62N6O7S2. The quantitative estimate of drug-likeness (QED) is 0.138. The molecule has 6 atom stereocenters. The number of sulfonamides is 1. The first-order chi connectivity index (χ1) is 27.4. The first-order valence-electron chi connectivity index (χ1n) is 21.0. The normalized spacial score (nSPS) is 26.7. The van der Waals surface area contributed by atoms with Gasteiger partial charge < -0.3 is 40.2 Å². The van der Waals surface area contributed by atoms with Gasteiger partial charge in [0, 0.05) is 31.2 Å². The molecule has 15 heteroatoms. The van der Waals surface area contributed by atoms with Crippen molar-refractivity contribution in [2.45, 2.75) is 120 Å². The number of nitrogens with zero attached hydrogens (tertiary/aromatic N) is 3. The van der Waals surface area contributed by atoms with Crippen LogP contribution in [-0.4, -0.2) is 122 Å². The first kappa shape index (κ1) is 42.2. The van der Waals surface area contributed by atoms with Gasteiger partial charge in [0.25, 0.3) is 0 Å². The molecule has 7 rings (SSSR count). The number of benzene rings is 2. The van der Waals surface area contributed by atoms with E-state index < -0.39 is 40.7 Å². The number of nitrogens with one attached hydrogen (secondary N) is 3. The molecule has 1 aliphatic carbocycles. The molecule has 4 fully saturated rings. The number of amides is 1. The van der Waals surface area contributed by atoms with Crippen molar-refractivity contribution in [2.24, 2.45) is 17.8 Å². The molecule has 0 spiro atoms. The Balaban J connectivity index is 1.03. The van der Waals surface area contributed by atoms with Gasteiger partial charge in [-0.15, -0.1) is 0 Å². The highest BCUT2D eigenvalue weighted by atomic mass is 32.2. The van der Waals surface area contributed by atoms with Crippen LogP contribution in [0.4, 0.5) is 9.93 Å². The number of ether oxygens (including phenoxy) is 3. The molecular weight excluding hydrogens is 765 g/mol. The Morgan fingerprint density at radius 3 is 2.46 bits per heavy atom. The van der Waals surface area contributed by atoms with Crippen molar-refractivity contribution >= 4 is 42.8 Å². The topological polar surface area (TPSA) is 155 Å². The van der Waals surface area contributed by atoms with Crippen molar-refractivity contribution in [1.82, 2.24) is 24.8 Å². The third kappa shape index (κ3) is 10.7. The van der Waals surface area contributed by atoms with Gasteiger partial charge in [0.05, 0.1) is 46.4 Å². The fraction of sp³-hybridized carbons (Fsp3) is 0.667. The molecule has 13 nitrogen and oxygen atoms in total. The van der Waals surface area contributed by atoms with Crippen LogP contribution in [0, 0.1) is 17.8 Å². The number of alkyl carbamates (subject to hydrolysis) is 1. The molecule has 1 amide bonds. The maximum atomic E-state index is 14.4. The molecule has 0 radical (unpaired) electrons. The van der Waals surface area contributed by atoms with E-state index in [1.807, 2.05) is 44.2 Å². The fourth-order valence-electron chi connectivity index (χ4n) is 8.83. The standard InChI is InChI=1S/C42H62N6O7S2/c1-27(2)22-43-35-25-53-40-39(35)37(26-54-40)55-42(50)46-34(20-29-10-6-5-7-11-29)36(49)24-48(23-28(3)4)57(51,52)32-16-17-33-38(21-32)56-41(45-33)44-30-12-14-31(15-13-30)47-18-8-9-19-47/h5-7,10-11,16-17,21,27-28,30-31,34-37,39-40,43,49H,8-9,12-15,18-20,22-26H2,1-4H3,(H,44,45)(H,46,50)/t30?,31?,34-,35-,36+,37-,39-,40+/m0/s1. The summed E-state index contributed by atoms with van der Waals surface area (Å²) in [7, 11) is -4.05. The molecule has 0 bridgehead atoms. The summed E-state index contributed by atoms with van der Waals surface area (Å²) in [6, 6.07) is 14.8. The predicted molar refractivity (Wildman–Crippen MR) is 223 cm³/mol. The molecule has 3 aliphatic heterocycles. The van der Waals surface area contributed by atoms with Crippen LogP contribution in [0.5, 0.6) is 0 Å². The number of carbonyl (C=O) groups excluding carboxylic acids is 1. The summed E-state index contributed by atoms with van der Waals surface area (Å²) in [5, 5.41) is 22.7. The smallest absolute Gasteiger partial charge is 0.407 e. The highest BCUT2D eigenvalue weighted by Crippen LogP contribution is 2.35. The molecule has 4 heterocycles. The zero-order valence-electron chi connectivity index (χ0n) is 33.8. The molecule has 0 unspecified atom stereocenters. The lowest BCUT2D eigenvalue weighted by Crippen LogP contribution is -2.52. The second kappa shape index (κ2) is 19.0. The van der Waals surface area contributed by atoms with Gasteiger partial charge in [0.2, 0.25) is 10.0 Å². The SMILES string of the molecule is CC(C)CN[C@H]1CO[C@@H]2OC[C@H](OC(=O)N[C@@H](Cc3ccccc3)[C@H](O)CN(CC(C)C)S(=O)(=O)c3ccc4nc(NC5CCC(N6CCCC6)CC5)sc4c3)[C@@H]21. The van der Waals surface area contributed by atoms with E-state index in [9.17, 15) is 18.3 Å². The number of hydrogen-bond acceptors (Lipinski definition) is 12. The number of anilines is 1. The number of aromatic nitrogens is 1. The van der Waals surface area contributed by atoms with E-state index in [2.05, 4.69) is 34.7 Å². The van der Waals surface area contributed by atoms with Crippen molar-refractivity contribution in [2.75, 3.05) is 51.3 Å². The maximum absolute atomic E-state index is 14.4. The van der Waals surface area contributed by atoms with Gasteiger partial charge >= 0.3 is 6.09 Å². The molecule has 2 aromatic carbocycles. The Bertz CT molecular complexity index is 1870. The summed E-state index contributed by atoms with van der Waals surface area (Å²) in [5.41, 5.74) is 1.63. The second-order valence-corrected chi connectivity index (χ2v) is 20.2. The summed E-state index contributed by atoms with van der Waals surface area (Å²) in [6.07, 6.45) is 4.52. The Kier molecular flexibility index (Phi) is 14.1. The summed E-state index contributed by atoms with van der Waals surface area (Å²) in [4.78, 5) is 21.2. The minimum atomic E-state index is -4.05. The molecule has 1 saturated carbocycles. The van der Waals surface area contributed by atoms with E-state index in [0.717, 1.165) is 40.3 Å². The predicted octanol–water partition coefficient (Wildman–Crippen LogP) is 5.45. The second-order valence-electron chi connectivity index (χ2n) is 17.2. The van der Waals surface area contributed by atoms with Crippen LogP contribution in [0.2, 0.25) is 0 Å². The van der Waals surface area contributed by atoms with Crippen LogP contribution < -0.4 is 16.0 Å². The number of aliphatic hydroxyl groups is 1. The molecule has 3 saturated heterocycles. The van der Waals surface area contributed by atoms with E-state index in [-0.39, 0.29) is 48.9 Å². The van der Waals surface area contributed by atoms with Crippen LogP contribution in [0.1, 0.15) is 71.8 Å². The molecule has 4 N–H and O–H groups in total. The monoisotopic (exact) mass is 826 g/mol. The van der Waals surface area contributed by atoms with Crippen LogP contribution in [0.15, 0.2) is 53.4 Å². The number of thiazole rings is 1. The Morgan fingerprint density at radius 1 is 1.00 bits per heavy atom. The van der Waals surface area contributed by atoms with Gasteiger partial charge in [-0.3, -0.25) is 0 Å². The van der Waals surface area contributed by atoms with Gasteiger partial charge in [-0.1, -0.05) is 69.4 Å². The van der Waals surface area contributed by atoms with Crippen LogP contribution in [0.25, 0.3) is 10.2 Å². The number of rotatable bonds is 17. The summed E-state index contributed by atoms with van der Waals surface area (Å²) in [5.74, 6) is 0.251. The third-order valence-corrected chi connectivity index (χ3v) is 14.6. The molecule has 4 aliphatic rings. The van der Waals surface area contributed by atoms with Gasteiger partial charge in [0.15, 0.2) is 11.4 Å². The van der Waals surface area contributed by atoms with E-state index in [1.165, 1.54) is 54.4 Å². The largest absolute Gasteiger partial charge is 0.443 e. The molecule has 314 valence electrons. The van der Waals surface area contributed by atoms with Crippen LogP contribution in [-0.2, 0) is 30.7 Å². The number of fused-ring (bicyclic) bond motifs is 2. The first-order valence-corrected chi connectivity index (χ1v) is 23.3. The van der Waals surface area contributed by atoms with Crippen molar-refractivity contribution in [3.63, 3.8) is 0 Å². The third-order valence-electron chi connectivity index (χ3n) is 11.8. The van der Waals surface area contributed by atoms with Crippen LogP contribution in [0.3, 0.4) is 0 Å². The van der Waals surface area contributed by atoms with Crippen molar-refractivity contribution in [3.8, 4) is 0 Å². The van der Waals surface area contributed by atoms with Gasteiger partial charge in [-0.2, -0.15) is 4.31 Å². The Labute approximate surface area is 342 Å². The lowest BCUT2D eigenvalue weighted by atomic mass is 9.90. The highest BCUT2D eigenvalue weighted by Gasteiger charge is 2.50. The zero-order valence-corrected chi connectivity index (χ0v) is 35.5. The van der Waals surface area contributed by atoms with Crippen molar-refractivity contribution < 1.29 is 32.5 Å². The van der Waals surface area contributed by atoms with Gasteiger partial charge in [0.1, 0.15) is 6.10 Å².